The van der Waals surface area contributed by atoms with E-state index in [9.17, 15) is 9.59 Å². The molecule has 0 amide bonds. The summed E-state index contributed by atoms with van der Waals surface area (Å²) in [5.41, 5.74) is -0.450. The van der Waals surface area contributed by atoms with E-state index < -0.39 is 5.41 Å². The van der Waals surface area contributed by atoms with Crippen molar-refractivity contribution in [3.8, 4) is 0 Å². The van der Waals surface area contributed by atoms with Crippen molar-refractivity contribution in [3.05, 3.63) is 0 Å². The van der Waals surface area contributed by atoms with E-state index in [1.54, 1.807) is 0 Å². The van der Waals surface area contributed by atoms with Crippen LogP contribution in [0.25, 0.3) is 0 Å². The summed E-state index contributed by atoms with van der Waals surface area (Å²) < 4.78 is 5.34. The minimum Gasteiger partial charge on any atom is -0.462 e. The van der Waals surface area contributed by atoms with Crippen LogP contribution in [0.15, 0.2) is 0 Å². The van der Waals surface area contributed by atoms with Gasteiger partial charge in [0.15, 0.2) is 5.78 Å². The van der Waals surface area contributed by atoms with Crippen LogP contribution in [0.1, 0.15) is 46.5 Å². The molecule has 0 saturated heterocycles. The quantitative estimate of drug-likeness (QED) is 0.546. The normalized spacial score (nSPS) is 46.9. The highest BCUT2D eigenvalue weighted by molar-refractivity contribution is 6.06. The molecule has 3 rings (SSSR count). The summed E-state index contributed by atoms with van der Waals surface area (Å²) in [6.07, 6.45) is 3.60. The zero-order valence-corrected chi connectivity index (χ0v) is 10.8. The predicted molar refractivity (Wildman–Crippen MR) is 62.2 cm³/mol. The number of esters is 1. The van der Waals surface area contributed by atoms with Crippen LogP contribution in [0, 0.1) is 22.7 Å². The zero-order valence-electron chi connectivity index (χ0n) is 10.8. The van der Waals surface area contributed by atoms with E-state index in [2.05, 4.69) is 0 Å². The summed E-state index contributed by atoms with van der Waals surface area (Å²) in [5.74, 6) is 0.531. The van der Waals surface area contributed by atoms with E-state index in [1.807, 2.05) is 20.8 Å². The molecule has 0 heterocycles. The molecule has 94 valence electrons. The van der Waals surface area contributed by atoms with Crippen molar-refractivity contribution in [2.75, 3.05) is 0 Å². The molecule has 3 saturated carbocycles. The van der Waals surface area contributed by atoms with E-state index in [0.29, 0.717) is 11.3 Å². The smallest absolute Gasteiger partial charge is 0.319 e. The van der Waals surface area contributed by atoms with E-state index in [-0.39, 0.29) is 23.8 Å². The Morgan fingerprint density at radius 1 is 1.35 bits per heavy atom. The maximum atomic E-state index is 12.4. The van der Waals surface area contributed by atoms with Crippen molar-refractivity contribution < 1.29 is 14.3 Å². The molecular formula is C14H20O3. The van der Waals surface area contributed by atoms with Crippen molar-refractivity contribution in [1.29, 1.82) is 0 Å². The summed E-state index contributed by atoms with van der Waals surface area (Å²) in [6.45, 7) is 5.66. The lowest BCUT2D eigenvalue weighted by molar-refractivity contribution is -0.167. The molecule has 0 radical (unpaired) electrons. The number of carbonyl (C=O) groups excluding carboxylic acids is 2. The van der Waals surface area contributed by atoms with Gasteiger partial charge in [-0.1, -0.05) is 6.92 Å². The lowest BCUT2D eigenvalue weighted by atomic mass is 9.66. The summed E-state index contributed by atoms with van der Waals surface area (Å²) in [5, 5.41) is 0. The SMILES string of the molecule is CC(C)OC(=O)C12CC3CC3(CC(C)C1=O)C2. The minimum absolute atomic E-state index is 0.0379. The summed E-state index contributed by atoms with van der Waals surface area (Å²) >= 11 is 0. The van der Waals surface area contributed by atoms with Gasteiger partial charge in [0.2, 0.25) is 0 Å². The first kappa shape index (κ1) is 11.2. The zero-order chi connectivity index (χ0) is 12.4. The summed E-state index contributed by atoms with van der Waals surface area (Å²) in [4.78, 5) is 24.7. The van der Waals surface area contributed by atoms with Crippen LogP contribution >= 0.6 is 0 Å². The molecule has 3 aliphatic carbocycles. The largest absolute Gasteiger partial charge is 0.462 e. The van der Waals surface area contributed by atoms with Gasteiger partial charge in [-0.05, 0) is 50.9 Å². The molecule has 4 atom stereocenters. The molecule has 0 aromatic carbocycles. The van der Waals surface area contributed by atoms with E-state index in [1.165, 1.54) is 6.42 Å². The van der Waals surface area contributed by atoms with Crippen molar-refractivity contribution in [3.63, 3.8) is 0 Å². The van der Waals surface area contributed by atoms with Crippen molar-refractivity contribution in [1.82, 2.24) is 0 Å². The lowest BCUT2D eigenvalue weighted by Gasteiger charge is -2.36. The molecule has 17 heavy (non-hydrogen) atoms. The Morgan fingerprint density at radius 2 is 2.06 bits per heavy atom. The summed E-state index contributed by atoms with van der Waals surface area (Å²) in [7, 11) is 0. The Bertz CT molecular complexity index is 400. The van der Waals surface area contributed by atoms with Gasteiger partial charge in [0.25, 0.3) is 0 Å². The average molecular weight is 236 g/mol. The number of rotatable bonds is 2. The van der Waals surface area contributed by atoms with Gasteiger partial charge in [0.1, 0.15) is 5.41 Å². The van der Waals surface area contributed by atoms with Gasteiger partial charge in [0, 0.05) is 5.92 Å². The average Bonchev–Trinajstić information content (AvgIpc) is 2.77. The van der Waals surface area contributed by atoms with Crippen LogP contribution in [0.5, 0.6) is 0 Å². The molecular weight excluding hydrogens is 216 g/mol. The van der Waals surface area contributed by atoms with Crippen LogP contribution in [0.3, 0.4) is 0 Å². The Morgan fingerprint density at radius 3 is 2.71 bits per heavy atom. The Hall–Kier alpha value is -0.860. The number of carbonyl (C=O) groups is 2. The number of Topliss-reactive ketones (excluding diaryl/α,β-unsaturated/α-hetero) is 1. The first-order valence-electron chi connectivity index (χ1n) is 6.65. The van der Waals surface area contributed by atoms with Gasteiger partial charge >= 0.3 is 5.97 Å². The molecule has 0 aliphatic heterocycles. The van der Waals surface area contributed by atoms with Crippen molar-refractivity contribution in [2.24, 2.45) is 22.7 Å². The predicted octanol–water partition coefficient (Wildman–Crippen LogP) is 2.33. The third-order valence-corrected chi connectivity index (χ3v) is 4.97. The number of hydrogen-bond acceptors (Lipinski definition) is 3. The van der Waals surface area contributed by atoms with Crippen LogP contribution < -0.4 is 0 Å². The fraction of sp³-hybridized carbons (Fsp3) is 0.857. The van der Waals surface area contributed by atoms with Gasteiger partial charge in [-0.15, -0.1) is 0 Å². The topological polar surface area (TPSA) is 43.4 Å². The molecule has 3 heteroatoms. The number of fused-ring (bicyclic) bond motifs is 1. The molecule has 3 fully saturated rings. The van der Waals surface area contributed by atoms with Crippen molar-refractivity contribution in [2.45, 2.75) is 52.6 Å². The minimum atomic E-state index is -0.773. The third kappa shape index (κ3) is 1.34. The lowest BCUT2D eigenvalue weighted by Crippen LogP contribution is -2.46. The van der Waals surface area contributed by atoms with Crippen LogP contribution in [0.2, 0.25) is 0 Å². The maximum Gasteiger partial charge on any atom is 0.319 e. The van der Waals surface area contributed by atoms with E-state index in [0.717, 1.165) is 19.3 Å². The Labute approximate surface area is 102 Å². The number of ketones is 1. The van der Waals surface area contributed by atoms with Gasteiger partial charge in [-0.25, -0.2) is 0 Å². The second kappa shape index (κ2) is 3.12. The standard InChI is InChI=1S/C14H20O3/c1-8(2)17-12(16)14-6-10-5-13(10,7-14)4-9(3)11(14)15/h8-10H,4-7H2,1-3H3. The fourth-order valence-corrected chi connectivity index (χ4v) is 4.30. The van der Waals surface area contributed by atoms with Gasteiger partial charge in [0.05, 0.1) is 6.10 Å². The fourth-order valence-electron chi connectivity index (χ4n) is 4.30. The molecule has 2 bridgehead atoms. The van der Waals surface area contributed by atoms with Gasteiger partial charge in [-0.3, -0.25) is 9.59 Å². The van der Waals surface area contributed by atoms with Gasteiger partial charge in [-0.2, -0.15) is 0 Å². The number of hydrogen-bond donors (Lipinski definition) is 0. The third-order valence-electron chi connectivity index (χ3n) is 4.97. The van der Waals surface area contributed by atoms with Gasteiger partial charge < -0.3 is 4.74 Å². The van der Waals surface area contributed by atoms with E-state index >= 15 is 0 Å². The Balaban J connectivity index is 1.90. The molecule has 0 aromatic heterocycles. The molecule has 0 aromatic rings. The molecule has 3 aliphatic rings. The van der Waals surface area contributed by atoms with E-state index in [4.69, 9.17) is 4.74 Å². The van der Waals surface area contributed by atoms with Crippen LogP contribution in [-0.4, -0.2) is 17.9 Å². The number of ether oxygens (including phenoxy) is 1. The van der Waals surface area contributed by atoms with Crippen LogP contribution in [0.4, 0.5) is 0 Å². The summed E-state index contributed by atoms with van der Waals surface area (Å²) in [6, 6.07) is 0. The van der Waals surface area contributed by atoms with Crippen molar-refractivity contribution >= 4 is 11.8 Å². The highest BCUT2D eigenvalue weighted by Crippen LogP contribution is 2.75. The second-order valence-corrected chi connectivity index (χ2v) is 6.65. The molecule has 4 unspecified atom stereocenters. The molecule has 0 N–H and O–H groups in total. The highest BCUT2D eigenvalue weighted by atomic mass is 16.5. The van der Waals surface area contributed by atoms with Crippen LogP contribution in [-0.2, 0) is 14.3 Å². The maximum absolute atomic E-state index is 12.4. The molecule has 3 nitrogen and oxygen atoms in total. The Kier molecular flexibility index (Phi) is 2.06. The first-order chi connectivity index (χ1) is 7.90. The highest BCUT2D eigenvalue weighted by Gasteiger charge is 2.73. The molecule has 1 spiro atoms. The first-order valence-corrected chi connectivity index (χ1v) is 6.65. The second-order valence-electron chi connectivity index (χ2n) is 6.65. The monoisotopic (exact) mass is 236 g/mol.